The molecule has 6 heteroatoms. The maximum atomic E-state index is 11.6. The Morgan fingerprint density at radius 3 is 2.68 bits per heavy atom. The molecule has 22 heavy (non-hydrogen) atoms. The molecule has 1 aromatic heterocycles. The van der Waals surface area contributed by atoms with Crippen molar-refractivity contribution in [3.63, 3.8) is 0 Å². The van der Waals surface area contributed by atoms with E-state index in [0.29, 0.717) is 30.3 Å². The highest BCUT2D eigenvalue weighted by molar-refractivity contribution is 5.91. The van der Waals surface area contributed by atoms with E-state index in [1.54, 1.807) is 37.7 Å². The fraction of sp³-hybridized carbons (Fsp3) is 0.250. The standard InChI is InChI=1S/C16H19N3O3/c1-21-14-3-2-13(19-16(20)4-7-17)10-15(14)22-11-12-5-8-18-9-6-12/h2-3,5-6,8-10H,4,7,11,17H2,1H3,(H,19,20). The lowest BCUT2D eigenvalue weighted by atomic mass is 10.2. The Morgan fingerprint density at radius 2 is 2.00 bits per heavy atom. The van der Waals surface area contributed by atoms with Crippen molar-refractivity contribution in [3.8, 4) is 11.5 Å². The summed E-state index contributed by atoms with van der Waals surface area (Å²) in [6, 6.07) is 8.99. The zero-order valence-electron chi connectivity index (χ0n) is 12.4. The minimum absolute atomic E-state index is 0.132. The summed E-state index contributed by atoms with van der Waals surface area (Å²) >= 11 is 0. The first kappa shape index (κ1) is 15.8. The Balaban J connectivity index is 2.09. The third kappa shape index (κ3) is 4.46. The van der Waals surface area contributed by atoms with Crippen LogP contribution in [0.15, 0.2) is 42.7 Å². The molecular formula is C16H19N3O3. The van der Waals surface area contributed by atoms with Gasteiger partial charge in [-0.05, 0) is 29.8 Å². The minimum Gasteiger partial charge on any atom is -0.493 e. The number of anilines is 1. The molecule has 0 atom stereocenters. The Kier molecular flexibility index (Phi) is 5.73. The number of hydrogen-bond donors (Lipinski definition) is 2. The second-order valence-electron chi connectivity index (χ2n) is 4.60. The van der Waals surface area contributed by atoms with Crippen molar-refractivity contribution in [3.05, 3.63) is 48.3 Å². The number of pyridine rings is 1. The summed E-state index contributed by atoms with van der Waals surface area (Å²) in [6.07, 6.45) is 3.69. The molecule has 1 aromatic carbocycles. The van der Waals surface area contributed by atoms with Crippen molar-refractivity contribution in [2.45, 2.75) is 13.0 Å². The largest absolute Gasteiger partial charge is 0.493 e. The van der Waals surface area contributed by atoms with Gasteiger partial charge in [0.2, 0.25) is 5.91 Å². The van der Waals surface area contributed by atoms with Crippen LogP contribution in [0.1, 0.15) is 12.0 Å². The van der Waals surface area contributed by atoms with Crippen LogP contribution in [-0.4, -0.2) is 24.5 Å². The van der Waals surface area contributed by atoms with Crippen LogP contribution in [0, 0.1) is 0 Å². The number of amides is 1. The summed E-state index contributed by atoms with van der Waals surface area (Å²) in [5.41, 5.74) is 7.00. The predicted molar refractivity (Wildman–Crippen MR) is 83.9 cm³/mol. The van der Waals surface area contributed by atoms with Crippen LogP contribution in [-0.2, 0) is 11.4 Å². The lowest BCUT2D eigenvalue weighted by Crippen LogP contribution is -2.16. The SMILES string of the molecule is COc1ccc(NC(=O)CCN)cc1OCc1ccncc1. The summed E-state index contributed by atoms with van der Waals surface area (Å²) in [7, 11) is 1.57. The quantitative estimate of drug-likeness (QED) is 0.816. The highest BCUT2D eigenvalue weighted by atomic mass is 16.5. The number of hydrogen-bond acceptors (Lipinski definition) is 5. The van der Waals surface area contributed by atoms with Gasteiger partial charge in [-0.1, -0.05) is 0 Å². The third-order valence-corrected chi connectivity index (χ3v) is 2.96. The lowest BCUT2D eigenvalue weighted by Gasteiger charge is -2.13. The molecule has 0 aliphatic heterocycles. The van der Waals surface area contributed by atoms with Gasteiger partial charge in [-0.15, -0.1) is 0 Å². The van der Waals surface area contributed by atoms with E-state index in [-0.39, 0.29) is 12.3 Å². The van der Waals surface area contributed by atoms with E-state index in [1.165, 1.54) is 0 Å². The highest BCUT2D eigenvalue weighted by Crippen LogP contribution is 2.30. The van der Waals surface area contributed by atoms with Crippen molar-refractivity contribution in [2.24, 2.45) is 5.73 Å². The van der Waals surface area contributed by atoms with Gasteiger partial charge in [0.05, 0.1) is 7.11 Å². The Bertz CT molecular complexity index is 617. The van der Waals surface area contributed by atoms with E-state index in [4.69, 9.17) is 15.2 Å². The molecule has 0 spiro atoms. The average molecular weight is 301 g/mol. The number of ether oxygens (including phenoxy) is 2. The molecule has 1 amide bonds. The van der Waals surface area contributed by atoms with E-state index in [1.807, 2.05) is 12.1 Å². The normalized spacial score (nSPS) is 10.1. The molecule has 0 bridgehead atoms. The van der Waals surface area contributed by atoms with Gasteiger partial charge in [0.25, 0.3) is 0 Å². The van der Waals surface area contributed by atoms with Crippen molar-refractivity contribution >= 4 is 11.6 Å². The maximum absolute atomic E-state index is 11.6. The Hall–Kier alpha value is -2.60. The predicted octanol–water partition coefficient (Wildman–Crippen LogP) is 1.96. The van der Waals surface area contributed by atoms with Crippen LogP contribution in [0.25, 0.3) is 0 Å². The van der Waals surface area contributed by atoms with Crippen LogP contribution in [0.2, 0.25) is 0 Å². The number of carbonyl (C=O) groups is 1. The molecule has 0 radical (unpaired) electrons. The van der Waals surface area contributed by atoms with Crippen LogP contribution in [0.4, 0.5) is 5.69 Å². The van der Waals surface area contributed by atoms with Crippen LogP contribution in [0.3, 0.4) is 0 Å². The van der Waals surface area contributed by atoms with E-state index in [0.717, 1.165) is 5.56 Å². The average Bonchev–Trinajstić information content (AvgIpc) is 2.54. The summed E-state index contributed by atoms with van der Waals surface area (Å²) in [6.45, 7) is 0.701. The summed E-state index contributed by atoms with van der Waals surface area (Å²) in [5.74, 6) is 1.03. The topological polar surface area (TPSA) is 86.5 Å². The van der Waals surface area contributed by atoms with Gasteiger partial charge in [0, 0.05) is 37.1 Å². The molecular weight excluding hydrogens is 282 g/mol. The fourth-order valence-corrected chi connectivity index (χ4v) is 1.86. The monoisotopic (exact) mass is 301 g/mol. The maximum Gasteiger partial charge on any atom is 0.225 e. The molecule has 2 aromatic rings. The fourth-order valence-electron chi connectivity index (χ4n) is 1.86. The molecule has 0 aliphatic rings. The van der Waals surface area contributed by atoms with Crippen LogP contribution < -0.4 is 20.5 Å². The molecule has 0 fully saturated rings. The van der Waals surface area contributed by atoms with Gasteiger partial charge in [0.1, 0.15) is 6.61 Å². The first-order valence-corrected chi connectivity index (χ1v) is 6.92. The first-order valence-electron chi connectivity index (χ1n) is 6.92. The molecule has 6 nitrogen and oxygen atoms in total. The molecule has 0 saturated carbocycles. The van der Waals surface area contributed by atoms with Gasteiger partial charge in [-0.2, -0.15) is 0 Å². The third-order valence-electron chi connectivity index (χ3n) is 2.96. The first-order chi connectivity index (χ1) is 10.7. The number of carbonyl (C=O) groups excluding carboxylic acids is 1. The Morgan fingerprint density at radius 1 is 1.23 bits per heavy atom. The molecule has 0 unspecified atom stereocenters. The van der Waals surface area contributed by atoms with E-state index < -0.39 is 0 Å². The summed E-state index contributed by atoms with van der Waals surface area (Å²) in [4.78, 5) is 15.5. The van der Waals surface area contributed by atoms with Gasteiger partial charge < -0.3 is 20.5 Å². The molecule has 1 heterocycles. The highest BCUT2D eigenvalue weighted by Gasteiger charge is 2.08. The minimum atomic E-state index is -0.132. The van der Waals surface area contributed by atoms with Crippen LogP contribution in [0.5, 0.6) is 11.5 Å². The number of nitrogens with zero attached hydrogens (tertiary/aromatic N) is 1. The van der Waals surface area contributed by atoms with Gasteiger partial charge in [0.15, 0.2) is 11.5 Å². The number of nitrogens with one attached hydrogen (secondary N) is 1. The van der Waals surface area contributed by atoms with Crippen molar-refractivity contribution in [2.75, 3.05) is 19.0 Å². The van der Waals surface area contributed by atoms with Gasteiger partial charge in [-0.25, -0.2) is 0 Å². The number of aromatic nitrogens is 1. The smallest absolute Gasteiger partial charge is 0.225 e. The summed E-state index contributed by atoms with van der Waals surface area (Å²) in [5, 5.41) is 2.77. The van der Waals surface area contributed by atoms with E-state index in [9.17, 15) is 4.79 Å². The van der Waals surface area contributed by atoms with E-state index in [2.05, 4.69) is 10.3 Å². The molecule has 0 saturated heterocycles. The number of rotatable bonds is 7. The lowest BCUT2D eigenvalue weighted by molar-refractivity contribution is -0.116. The van der Waals surface area contributed by atoms with Crippen molar-refractivity contribution in [1.29, 1.82) is 0 Å². The van der Waals surface area contributed by atoms with E-state index >= 15 is 0 Å². The van der Waals surface area contributed by atoms with Gasteiger partial charge in [-0.3, -0.25) is 9.78 Å². The number of benzene rings is 1. The zero-order chi connectivity index (χ0) is 15.8. The molecule has 2 rings (SSSR count). The summed E-state index contributed by atoms with van der Waals surface area (Å²) < 4.78 is 11.0. The number of nitrogens with two attached hydrogens (primary N) is 1. The second-order valence-corrected chi connectivity index (χ2v) is 4.60. The van der Waals surface area contributed by atoms with Gasteiger partial charge >= 0.3 is 0 Å². The van der Waals surface area contributed by atoms with Crippen molar-refractivity contribution < 1.29 is 14.3 Å². The second kappa shape index (κ2) is 7.99. The molecule has 116 valence electrons. The molecule has 0 aliphatic carbocycles. The number of methoxy groups -OCH3 is 1. The zero-order valence-corrected chi connectivity index (χ0v) is 12.4. The van der Waals surface area contributed by atoms with Crippen molar-refractivity contribution in [1.82, 2.24) is 4.98 Å². The van der Waals surface area contributed by atoms with Crippen LogP contribution >= 0.6 is 0 Å². The Labute approximate surface area is 129 Å². The molecule has 3 N–H and O–H groups in total.